The number of hydrogen-bond acceptors (Lipinski definition) is 2. The molecule has 0 spiro atoms. The molecule has 0 radical (unpaired) electrons. The van der Waals surface area contributed by atoms with Crippen LogP contribution in [0.25, 0.3) is 5.57 Å². The number of hydrogen-bond donors (Lipinski definition) is 0. The fraction of sp³-hybridized carbons (Fsp3) is 0.240. The Morgan fingerprint density at radius 1 is 0.897 bits per heavy atom. The number of halogens is 1. The van der Waals surface area contributed by atoms with Crippen molar-refractivity contribution in [2.45, 2.75) is 4.90 Å². The van der Waals surface area contributed by atoms with Crippen LogP contribution in [0.2, 0.25) is 0 Å². The molecule has 0 atom stereocenters. The van der Waals surface area contributed by atoms with Crippen molar-refractivity contribution >= 4 is 42.9 Å². The molecule has 2 nitrogen and oxygen atoms in total. The molecule has 0 amide bonds. The quantitative estimate of drug-likeness (QED) is 0.495. The van der Waals surface area contributed by atoms with Gasteiger partial charge in [0.15, 0.2) is 0 Å². The first-order valence-corrected chi connectivity index (χ1v) is 13.2. The Bertz CT molecular complexity index is 1000. The lowest BCUT2D eigenvalue weighted by Crippen LogP contribution is -2.10. The summed E-state index contributed by atoms with van der Waals surface area (Å²) >= 11 is 3.57. The fourth-order valence-electron chi connectivity index (χ4n) is 3.37. The summed E-state index contributed by atoms with van der Waals surface area (Å²) in [6, 6.07) is 15.5. The van der Waals surface area contributed by atoms with Gasteiger partial charge < -0.3 is 4.90 Å². The van der Waals surface area contributed by atoms with Gasteiger partial charge in [0.2, 0.25) is 0 Å². The molecule has 1 aliphatic rings. The Kier molecular flexibility index (Phi) is 6.55. The first kappa shape index (κ1) is 21.7. The Labute approximate surface area is 185 Å². The monoisotopic (exact) mass is 468 g/mol. The second-order valence-electron chi connectivity index (χ2n) is 8.06. The fourth-order valence-corrected chi connectivity index (χ4v) is 4.94. The number of nitrogens with zero attached hydrogens (tertiary/aromatic N) is 2. The van der Waals surface area contributed by atoms with Crippen molar-refractivity contribution in [1.82, 2.24) is 0 Å². The minimum absolute atomic E-state index is 0.947. The molecule has 0 N–H and O–H groups in total. The Balaban J connectivity index is 2.31. The van der Waals surface area contributed by atoms with Gasteiger partial charge in [-0.1, -0.05) is 46.3 Å². The molecule has 29 heavy (non-hydrogen) atoms. The highest BCUT2D eigenvalue weighted by Gasteiger charge is 2.20. The third kappa shape index (κ3) is 4.93. The zero-order valence-corrected chi connectivity index (χ0v) is 20.4. The van der Waals surface area contributed by atoms with E-state index in [4.69, 9.17) is 0 Å². The number of rotatable bonds is 4. The summed E-state index contributed by atoms with van der Waals surface area (Å²) < 4.78 is 1.09. The SMILES string of the molecule is CN=C1C=CC(=C(c2ccc(Br)cc2)c2ccc(N(C)C)cc2S(C)(C)C)C=C1. The Hall–Kier alpha value is -2.04. The van der Waals surface area contributed by atoms with E-state index in [0.717, 1.165) is 10.2 Å². The zero-order chi connectivity index (χ0) is 21.2. The zero-order valence-electron chi connectivity index (χ0n) is 18.0. The van der Waals surface area contributed by atoms with Crippen LogP contribution in [0.1, 0.15) is 11.1 Å². The molecular formula is C25H29BrN2S. The van der Waals surface area contributed by atoms with E-state index >= 15 is 0 Å². The highest BCUT2D eigenvalue weighted by molar-refractivity contribution is 9.10. The standard InChI is InChI=1S/C25H29BrN2S/c1-27-21-13-9-19(10-14-21)25(18-7-11-20(26)12-8-18)23-16-15-22(28(2)3)17-24(23)29(4,5)6/h7-17H,1-6H3. The molecule has 0 saturated heterocycles. The van der Waals surface area contributed by atoms with E-state index < -0.39 is 10.0 Å². The molecule has 4 heteroatoms. The molecule has 152 valence electrons. The maximum Gasteiger partial charge on any atom is 0.0571 e. The van der Waals surface area contributed by atoms with Crippen LogP contribution in [-0.2, 0) is 0 Å². The van der Waals surface area contributed by atoms with Crippen LogP contribution in [0.4, 0.5) is 5.69 Å². The molecule has 0 bridgehead atoms. The van der Waals surface area contributed by atoms with Gasteiger partial charge in [-0.2, -0.15) is 0 Å². The largest absolute Gasteiger partial charge is 0.378 e. The van der Waals surface area contributed by atoms with Crippen molar-refractivity contribution in [3.63, 3.8) is 0 Å². The van der Waals surface area contributed by atoms with E-state index in [9.17, 15) is 0 Å². The molecule has 0 aromatic heterocycles. The second-order valence-corrected chi connectivity index (χ2v) is 13.1. The van der Waals surface area contributed by atoms with E-state index in [-0.39, 0.29) is 0 Å². The lowest BCUT2D eigenvalue weighted by molar-refractivity contribution is 1.12. The van der Waals surface area contributed by atoms with Crippen LogP contribution in [0.15, 0.2) is 86.7 Å². The van der Waals surface area contributed by atoms with Gasteiger partial charge in [-0.05, 0) is 82.4 Å². The van der Waals surface area contributed by atoms with Crippen molar-refractivity contribution in [3.8, 4) is 0 Å². The molecule has 0 unspecified atom stereocenters. The molecule has 2 aromatic carbocycles. The van der Waals surface area contributed by atoms with Crippen LogP contribution < -0.4 is 4.90 Å². The average Bonchev–Trinajstić information content (AvgIpc) is 2.69. The predicted molar refractivity (Wildman–Crippen MR) is 136 cm³/mol. The maximum absolute atomic E-state index is 4.30. The van der Waals surface area contributed by atoms with Gasteiger partial charge in [0, 0.05) is 31.3 Å². The highest BCUT2D eigenvalue weighted by Crippen LogP contribution is 2.51. The molecule has 1 aliphatic carbocycles. The van der Waals surface area contributed by atoms with Gasteiger partial charge in [-0.3, -0.25) is 4.99 Å². The van der Waals surface area contributed by atoms with Crippen molar-refractivity contribution in [2.75, 3.05) is 44.8 Å². The third-order valence-electron chi connectivity index (χ3n) is 4.96. The number of aliphatic imine (C=N–C) groups is 1. The van der Waals surface area contributed by atoms with Crippen LogP contribution in [-0.4, -0.2) is 45.6 Å². The molecular weight excluding hydrogens is 440 g/mol. The van der Waals surface area contributed by atoms with E-state index in [0.29, 0.717) is 0 Å². The van der Waals surface area contributed by atoms with Crippen molar-refractivity contribution in [2.24, 2.45) is 4.99 Å². The molecule has 2 aromatic rings. The molecule has 3 rings (SSSR count). The summed E-state index contributed by atoms with van der Waals surface area (Å²) in [7, 11) is 5.08. The molecule has 0 heterocycles. The Morgan fingerprint density at radius 2 is 1.52 bits per heavy atom. The smallest absolute Gasteiger partial charge is 0.0571 e. The third-order valence-corrected chi connectivity index (χ3v) is 7.14. The minimum Gasteiger partial charge on any atom is -0.378 e. The topological polar surface area (TPSA) is 15.6 Å². The average molecular weight is 469 g/mol. The number of anilines is 1. The van der Waals surface area contributed by atoms with Gasteiger partial charge in [0.1, 0.15) is 0 Å². The lowest BCUT2D eigenvalue weighted by atomic mass is 9.90. The van der Waals surface area contributed by atoms with Crippen LogP contribution in [0.5, 0.6) is 0 Å². The van der Waals surface area contributed by atoms with Gasteiger partial charge in [-0.15, -0.1) is 0 Å². The maximum atomic E-state index is 4.30. The molecule has 0 fully saturated rings. The summed E-state index contributed by atoms with van der Waals surface area (Å²) in [4.78, 5) is 7.90. The first-order chi connectivity index (χ1) is 13.7. The number of benzene rings is 2. The second kappa shape index (κ2) is 8.76. The van der Waals surface area contributed by atoms with Gasteiger partial charge in [-0.25, -0.2) is 10.0 Å². The summed E-state index contributed by atoms with van der Waals surface area (Å²) in [6.07, 6.45) is 15.6. The normalized spacial score (nSPS) is 14.2. The van der Waals surface area contributed by atoms with Crippen LogP contribution in [0, 0.1) is 0 Å². The van der Waals surface area contributed by atoms with E-state index in [1.54, 1.807) is 0 Å². The van der Waals surface area contributed by atoms with Gasteiger partial charge in [0.25, 0.3) is 0 Å². The van der Waals surface area contributed by atoms with Crippen molar-refractivity contribution < 1.29 is 0 Å². The Morgan fingerprint density at radius 3 is 2.03 bits per heavy atom. The number of allylic oxidation sites excluding steroid dienone is 5. The van der Waals surface area contributed by atoms with Crippen molar-refractivity contribution in [3.05, 3.63) is 87.9 Å². The summed E-state index contributed by atoms with van der Waals surface area (Å²) in [5.41, 5.74) is 7.23. The van der Waals surface area contributed by atoms with Crippen LogP contribution >= 0.6 is 26.0 Å². The highest BCUT2D eigenvalue weighted by atomic mass is 79.9. The lowest BCUT2D eigenvalue weighted by Gasteiger charge is -2.31. The summed E-state index contributed by atoms with van der Waals surface area (Å²) in [6.45, 7) is 0. The van der Waals surface area contributed by atoms with Crippen LogP contribution in [0.3, 0.4) is 0 Å². The van der Waals surface area contributed by atoms with Gasteiger partial charge >= 0.3 is 0 Å². The molecule has 0 aliphatic heterocycles. The van der Waals surface area contributed by atoms with Gasteiger partial charge in [0.05, 0.1) is 5.71 Å². The van der Waals surface area contributed by atoms with E-state index in [2.05, 4.69) is 125 Å². The minimum atomic E-state index is -0.947. The molecule has 0 saturated carbocycles. The summed E-state index contributed by atoms with van der Waals surface area (Å²) in [5.74, 6) is 0. The van der Waals surface area contributed by atoms with Crippen molar-refractivity contribution in [1.29, 1.82) is 0 Å². The first-order valence-electron chi connectivity index (χ1n) is 9.54. The predicted octanol–water partition coefficient (Wildman–Crippen LogP) is 6.57. The van der Waals surface area contributed by atoms with E-state index in [1.165, 1.54) is 32.9 Å². The summed E-state index contributed by atoms with van der Waals surface area (Å²) in [5, 5.41) is 0. The van der Waals surface area contributed by atoms with E-state index in [1.807, 2.05) is 7.05 Å².